The van der Waals surface area contributed by atoms with Crippen molar-refractivity contribution in [1.29, 1.82) is 0 Å². The van der Waals surface area contributed by atoms with Crippen molar-refractivity contribution in [2.45, 2.75) is 64.6 Å². The molecule has 29 heavy (non-hydrogen) atoms. The molecule has 3 rings (SSSR count). The van der Waals surface area contributed by atoms with Crippen LogP contribution >= 0.6 is 11.6 Å². The molecular formula is C22H28ClN3O3. The molecule has 0 radical (unpaired) electrons. The third kappa shape index (κ3) is 6.32. The molecule has 1 fully saturated rings. The van der Waals surface area contributed by atoms with Crippen molar-refractivity contribution in [2.24, 2.45) is 5.92 Å². The predicted molar refractivity (Wildman–Crippen MR) is 114 cm³/mol. The number of carbonyl (C=O) groups excluding carboxylic acids is 2. The smallest absolute Gasteiger partial charge is 0.407 e. The third-order valence-electron chi connectivity index (χ3n) is 4.97. The van der Waals surface area contributed by atoms with E-state index < -0.39 is 11.7 Å². The van der Waals surface area contributed by atoms with E-state index >= 15 is 0 Å². The van der Waals surface area contributed by atoms with Gasteiger partial charge >= 0.3 is 6.09 Å². The van der Waals surface area contributed by atoms with Gasteiger partial charge in [-0.2, -0.15) is 0 Å². The van der Waals surface area contributed by atoms with Crippen LogP contribution in [0.25, 0.3) is 10.9 Å². The first-order chi connectivity index (χ1) is 13.7. The zero-order valence-corrected chi connectivity index (χ0v) is 17.9. The normalized spacial score (nSPS) is 19.6. The number of alkyl carbamates (subject to hydrolysis) is 1. The number of nitrogens with zero attached hydrogens (tertiary/aromatic N) is 1. The maximum atomic E-state index is 12.5. The maximum Gasteiger partial charge on any atom is 0.407 e. The lowest BCUT2D eigenvalue weighted by atomic mass is 9.85. The number of pyridine rings is 1. The Morgan fingerprint density at radius 3 is 2.55 bits per heavy atom. The summed E-state index contributed by atoms with van der Waals surface area (Å²) in [6.45, 7) is 5.92. The van der Waals surface area contributed by atoms with Gasteiger partial charge in [0.15, 0.2) is 0 Å². The van der Waals surface area contributed by atoms with Crippen LogP contribution in [0.5, 0.6) is 0 Å². The Bertz CT molecular complexity index is 886. The van der Waals surface area contributed by atoms with E-state index in [2.05, 4.69) is 15.6 Å². The first-order valence-corrected chi connectivity index (χ1v) is 10.4. The third-order valence-corrected chi connectivity index (χ3v) is 5.21. The van der Waals surface area contributed by atoms with Crippen molar-refractivity contribution < 1.29 is 14.3 Å². The number of halogens is 1. The van der Waals surface area contributed by atoms with Crippen LogP contribution in [-0.4, -0.2) is 28.6 Å². The lowest BCUT2D eigenvalue weighted by Gasteiger charge is -2.29. The Morgan fingerprint density at radius 1 is 1.14 bits per heavy atom. The van der Waals surface area contributed by atoms with Gasteiger partial charge in [0.05, 0.1) is 17.8 Å². The summed E-state index contributed by atoms with van der Waals surface area (Å²) < 4.78 is 5.30. The topological polar surface area (TPSA) is 80.3 Å². The maximum absolute atomic E-state index is 12.5. The number of hydrogen-bond donors (Lipinski definition) is 2. The molecule has 0 spiro atoms. The Labute approximate surface area is 176 Å². The van der Waals surface area contributed by atoms with E-state index in [1.165, 1.54) is 0 Å². The molecule has 1 aliphatic carbocycles. The van der Waals surface area contributed by atoms with Crippen molar-refractivity contribution in [3.63, 3.8) is 0 Å². The molecule has 1 aromatic carbocycles. The summed E-state index contributed by atoms with van der Waals surface area (Å²) in [5.41, 5.74) is 1.16. The lowest BCUT2D eigenvalue weighted by molar-refractivity contribution is -0.126. The standard InChI is InChI=1S/C22H28ClN3O3/c1-22(2,3)29-21(28)26-17-8-4-14(5-9-17)20(27)24-13-18-10-6-15-12-16(23)7-11-19(15)25-18/h6-7,10-12,14,17H,4-5,8-9,13H2,1-3H3,(H,24,27)(H,26,28)/t14-,17-. The zero-order valence-electron chi connectivity index (χ0n) is 17.1. The number of aromatic nitrogens is 1. The fourth-order valence-corrected chi connectivity index (χ4v) is 3.71. The monoisotopic (exact) mass is 417 g/mol. The zero-order chi connectivity index (χ0) is 21.0. The van der Waals surface area contributed by atoms with E-state index in [0.29, 0.717) is 11.6 Å². The Morgan fingerprint density at radius 2 is 1.86 bits per heavy atom. The van der Waals surface area contributed by atoms with E-state index in [-0.39, 0.29) is 17.9 Å². The summed E-state index contributed by atoms with van der Waals surface area (Å²) in [5, 5.41) is 7.55. The summed E-state index contributed by atoms with van der Waals surface area (Å²) in [6, 6.07) is 9.48. The summed E-state index contributed by atoms with van der Waals surface area (Å²) in [7, 11) is 0. The number of ether oxygens (including phenoxy) is 1. The first kappa shape index (κ1) is 21.4. The summed E-state index contributed by atoms with van der Waals surface area (Å²) in [5.74, 6) is 0.00432. The first-order valence-electron chi connectivity index (χ1n) is 10.0. The number of rotatable bonds is 4. The minimum Gasteiger partial charge on any atom is -0.444 e. The SMILES string of the molecule is CC(C)(C)OC(=O)N[C@H]1CC[C@H](C(=O)NCc2ccc3cc(Cl)ccc3n2)CC1. The second-order valence-electron chi connectivity index (χ2n) is 8.55. The van der Waals surface area contributed by atoms with Gasteiger partial charge in [-0.15, -0.1) is 0 Å². The minimum absolute atomic E-state index is 0.0362. The fraction of sp³-hybridized carbons (Fsp3) is 0.500. The molecule has 1 aromatic heterocycles. The number of fused-ring (bicyclic) bond motifs is 1. The average molecular weight is 418 g/mol. The predicted octanol–water partition coefficient (Wildman–Crippen LogP) is 4.59. The van der Waals surface area contributed by atoms with Crippen LogP contribution in [0.4, 0.5) is 4.79 Å². The van der Waals surface area contributed by atoms with Crippen molar-refractivity contribution in [1.82, 2.24) is 15.6 Å². The number of carbonyl (C=O) groups is 2. The summed E-state index contributed by atoms with van der Waals surface area (Å²) in [6.07, 6.45) is 2.64. The van der Waals surface area contributed by atoms with Gasteiger partial charge in [0, 0.05) is 22.4 Å². The molecule has 0 unspecified atom stereocenters. The van der Waals surface area contributed by atoms with E-state index in [1.807, 2.05) is 51.1 Å². The van der Waals surface area contributed by atoms with Gasteiger partial charge in [-0.25, -0.2) is 4.79 Å². The van der Waals surface area contributed by atoms with Gasteiger partial charge in [0.25, 0.3) is 0 Å². The van der Waals surface area contributed by atoms with E-state index in [1.54, 1.807) is 0 Å². The number of nitrogens with one attached hydrogen (secondary N) is 2. The average Bonchev–Trinajstić information content (AvgIpc) is 2.65. The molecule has 0 bridgehead atoms. The van der Waals surface area contributed by atoms with Gasteiger partial charge in [-0.3, -0.25) is 9.78 Å². The fourth-order valence-electron chi connectivity index (χ4n) is 3.53. The Hall–Kier alpha value is -2.34. The molecule has 1 heterocycles. The van der Waals surface area contributed by atoms with Crippen LogP contribution in [0.1, 0.15) is 52.1 Å². The molecule has 0 atom stereocenters. The molecule has 0 aliphatic heterocycles. The largest absolute Gasteiger partial charge is 0.444 e. The van der Waals surface area contributed by atoms with Gasteiger partial charge in [0.1, 0.15) is 5.60 Å². The number of amides is 2. The van der Waals surface area contributed by atoms with Crippen molar-refractivity contribution >= 4 is 34.5 Å². The molecule has 7 heteroatoms. The minimum atomic E-state index is -0.510. The second kappa shape index (κ2) is 8.99. The van der Waals surface area contributed by atoms with Crippen molar-refractivity contribution in [3.8, 4) is 0 Å². The second-order valence-corrected chi connectivity index (χ2v) is 8.99. The molecule has 1 saturated carbocycles. The summed E-state index contributed by atoms with van der Waals surface area (Å²) in [4.78, 5) is 29.0. The van der Waals surface area contributed by atoms with Crippen LogP contribution in [-0.2, 0) is 16.1 Å². The highest BCUT2D eigenvalue weighted by atomic mass is 35.5. The van der Waals surface area contributed by atoms with Gasteiger partial charge in [-0.05, 0) is 70.7 Å². The van der Waals surface area contributed by atoms with Crippen molar-refractivity contribution in [3.05, 3.63) is 41.0 Å². The molecule has 156 valence electrons. The van der Waals surface area contributed by atoms with Crippen LogP contribution < -0.4 is 10.6 Å². The van der Waals surface area contributed by atoms with E-state index in [4.69, 9.17) is 16.3 Å². The van der Waals surface area contributed by atoms with Crippen LogP contribution in [0.15, 0.2) is 30.3 Å². The molecule has 6 nitrogen and oxygen atoms in total. The van der Waals surface area contributed by atoms with Crippen LogP contribution in [0.3, 0.4) is 0 Å². The Kier molecular flexibility index (Phi) is 6.63. The highest BCUT2D eigenvalue weighted by molar-refractivity contribution is 6.31. The highest BCUT2D eigenvalue weighted by Crippen LogP contribution is 2.25. The molecule has 2 N–H and O–H groups in total. The quantitative estimate of drug-likeness (QED) is 0.762. The lowest BCUT2D eigenvalue weighted by Crippen LogP contribution is -2.42. The van der Waals surface area contributed by atoms with E-state index in [0.717, 1.165) is 42.3 Å². The highest BCUT2D eigenvalue weighted by Gasteiger charge is 2.28. The summed E-state index contributed by atoms with van der Waals surface area (Å²) >= 11 is 6.00. The Balaban J connectivity index is 1.45. The van der Waals surface area contributed by atoms with Gasteiger partial charge in [0.2, 0.25) is 5.91 Å². The van der Waals surface area contributed by atoms with Crippen LogP contribution in [0, 0.1) is 5.92 Å². The molecule has 2 amide bonds. The molecule has 0 saturated heterocycles. The van der Waals surface area contributed by atoms with Crippen molar-refractivity contribution in [2.75, 3.05) is 0 Å². The number of benzene rings is 1. The van der Waals surface area contributed by atoms with Crippen LogP contribution in [0.2, 0.25) is 5.02 Å². The van der Waals surface area contributed by atoms with E-state index in [9.17, 15) is 9.59 Å². The number of hydrogen-bond acceptors (Lipinski definition) is 4. The molecule has 1 aliphatic rings. The molecule has 2 aromatic rings. The van der Waals surface area contributed by atoms with Gasteiger partial charge in [-0.1, -0.05) is 17.7 Å². The molecular weight excluding hydrogens is 390 g/mol. The van der Waals surface area contributed by atoms with Gasteiger partial charge < -0.3 is 15.4 Å².